The molecular formula is C34H68O5S. The van der Waals surface area contributed by atoms with Crippen molar-refractivity contribution in [1.82, 2.24) is 0 Å². The van der Waals surface area contributed by atoms with E-state index in [1.807, 2.05) is 0 Å². The lowest BCUT2D eigenvalue weighted by molar-refractivity contribution is -0.143. The highest BCUT2D eigenvalue weighted by Gasteiger charge is 2.31. The van der Waals surface area contributed by atoms with Crippen molar-refractivity contribution in [3.63, 3.8) is 0 Å². The zero-order chi connectivity index (χ0) is 29.6. The van der Waals surface area contributed by atoms with E-state index in [9.17, 15) is 17.8 Å². The summed E-state index contributed by atoms with van der Waals surface area (Å²) in [6.45, 7) is 4.74. The molecule has 0 aliphatic heterocycles. The minimum Gasteiger partial charge on any atom is -0.465 e. The Bertz CT molecular complexity index is 634. The van der Waals surface area contributed by atoms with Crippen LogP contribution in [0.3, 0.4) is 0 Å². The zero-order valence-electron chi connectivity index (χ0n) is 26.8. The molecule has 1 unspecified atom stereocenters. The molecule has 0 spiro atoms. The molecular weight excluding hydrogens is 520 g/mol. The Hall–Kier alpha value is -0.620. The highest BCUT2D eigenvalue weighted by atomic mass is 32.2. The van der Waals surface area contributed by atoms with Crippen LogP contribution in [0, 0.1) is 0 Å². The van der Waals surface area contributed by atoms with E-state index in [1.54, 1.807) is 0 Å². The first kappa shape index (κ1) is 39.4. The van der Waals surface area contributed by atoms with Gasteiger partial charge in [-0.25, -0.2) is 0 Å². The number of hydrogen-bond acceptors (Lipinski definition) is 4. The van der Waals surface area contributed by atoms with Crippen LogP contribution >= 0.6 is 0 Å². The molecule has 240 valence electrons. The third-order valence-corrected chi connectivity index (χ3v) is 9.33. The second-order valence-corrected chi connectivity index (χ2v) is 13.8. The van der Waals surface area contributed by atoms with E-state index in [0.717, 1.165) is 38.5 Å². The Labute approximate surface area is 250 Å². The number of hydrogen-bond donors (Lipinski definition) is 1. The fraction of sp³-hybridized carbons (Fsp3) is 0.971. The van der Waals surface area contributed by atoms with E-state index in [2.05, 4.69) is 13.8 Å². The number of carbonyl (C=O) groups is 1. The molecule has 0 saturated carbocycles. The minimum atomic E-state index is -4.43. The van der Waals surface area contributed by atoms with Crippen molar-refractivity contribution >= 4 is 16.1 Å². The van der Waals surface area contributed by atoms with Gasteiger partial charge in [0.1, 0.15) is 0 Å². The second-order valence-electron chi connectivity index (χ2n) is 12.2. The normalized spacial score (nSPS) is 12.6. The van der Waals surface area contributed by atoms with Gasteiger partial charge in [-0.3, -0.25) is 9.35 Å². The Morgan fingerprint density at radius 1 is 0.500 bits per heavy atom. The number of ether oxygens (including phenoxy) is 1. The van der Waals surface area contributed by atoms with Crippen LogP contribution in [-0.4, -0.2) is 30.8 Å². The van der Waals surface area contributed by atoms with Crippen molar-refractivity contribution in [1.29, 1.82) is 0 Å². The molecule has 0 aromatic rings. The molecule has 1 atom stereocenters. The van der Waals surface area contributed by atoms with Gasteiger partial charge in [-0.15, -0.1) is 0 Å². The molecule has 1 N–H and O–H groups in total. The first-order chi connectivity index (χ1) is 19.4. The molecule has 0 aromatic carbocycles. The van der Waals surface area contributed by atoms with Crippen molar-refractivity contribution in [2.75, 3.05) is 6.61 Å². The summed E-state index contributed by atoms with van der Waals surface area (Å²) >= 11 is 0. The fourth-order valence-corrected chi connectivity index (χ4v) is 6.25. The summed E-state index contributed by atoms with van der Waals surface area (Å²) in [6, 6.07) is 0. The topological polar surface area (TPSA) is 80.7 Å². The van der Waals surface area contributed by atoms with Crippen LogP contribution in [0.4, 0.5) is 0 Å². The van der Waals surface area contributed by atoms with Gasteiger partial charge in [0.2, 0.25) is 0 Å². The van der Waals surface area contributed by atoms with Gasteiger partial charge in [0, 0.05) is 0 Å². The quantitative estimate of drug-likeness (QED) is 0.0480. The lowest BCUT2D eigenvalue weighted by Gasteiger charge is -2.13. The molecule has 0 heterocycles. The van der Waals surface area contributed by atoms with E-state index in [-0.39, 0.29) is 13.0 Å². The van der Waals surface area contributed by atoms with E-state index >= 15 is 0 Å². The van der Waals surface area contributed by atoms with Gasteiger partial charge < -0.3 is 4.74 Å². The van der Waals surface area contributed by atoms with Gasteiger partial charge in [0.15, 0.2) is 5.25 Å². The van der Waals surface area contributed by atoms with Crippen LogP contribution in [-0.2, 0) is 19.6 Å². The van der Waals surface area contributed by atoms with Crippen LogP contribution < -0.4 is 0 Å². The number of esters is 1. The summed E-state index contributed by atoms with van der Waals surface area (Å²) in [5.41, 5.74) is 0. The van der Waals surface area contributed by atoms with Crippen LogP contribution in [0.5, 0.6) is 0 Å². The second kappa shape index (κ2) is 29.9. The van der Waals surface area contributed by atoms with Crippen molar-refractivity contribution in [2.24, 2.45) is 0 Å². The molecule has 0 aliphatic rings. The van der Waals surface area contributed by atoms with Crippen molar-refractivity contribution < 1.29 is 22.5 Å². The Morgan fingerprint density at radius 3 is 1.07 bits per heavy atom. The van der Waals surface area contributed by atoms with Crippen molar-refractivity contribution in [2.45, 2.75) is 205 Å². The van der Waals surface area contributed by atoms with E-state index < -0.39 is 21.3 Å². The summed E-state index contributed by atoms with van der Waals surface area (Å²) < 4.78 is 38.3. The lowest BCUT2D eigenvalue weighted by Crippen LogP contribution is -2.32. The molecule has 0 bridgehead atoms. The first-order valence-electron chi connectivity index (χ1n) is 17.6. The molecule has 6 heteroatoms. The summed E-state index contributed by atoms with van der Waals surface area (Å²) in [5.74, 6) is -0.786. The fourth-order valence-electron chi connectivity index (χ4n) is 5.47. The molecule has 0 rings (SSSR count). The molecule has 40 heavy (non-hydrogen) atoms. The van der Waals surface area contributed by atoms with Gasteiger partial charge in [0.25, 0.3) is 10.1 Å². The third kappa shape index (κ3) is 27.5. The minimum absolute atomic E-state index is 0.147. The largest absolute Gasteiger partial charge is 0.465 e. The summed E-state index contributed by atoms with van der Waals surface area (Å²) in [7, 11) is -4.43. The average Bonchev–Trinajstić information content (AvgIpc) is 2.92. The smallest absolute Gasteiger partial charge is 0.326 e. The monoisotopic (exact) mass is 588 g/mol. The maximum absolute atomic E-state index is 12.3. The SMILES string of the molecule is CCCCCCCCCCCCCCCCCCOC(=O)C(CCCCCCCCCCCCCC)S(=O)(=O)O. The van der Waals surface area contributed by atoms with Gasteiger partial charge >= 0.3 is 5.97 Å². The van der Waals surface area contributed by atoms with Gasteiger partial charge in [-0.1, -0.05) is 187 Å². The van der Waals surface area contributed by atoms with Crippen LogP contribution in [0.15, 0.2) is 0 Å². The lowest BCUT2D eigenvalue weighted by atomic mass is 10.0. The number of rotatable bonds is 32. The standard InChI is InChI=1S/C34H68O5S/c1-3-5-7-9-11-13-15-17-18-19-20-22-24-26-28-30-32-39-34(35)33(40(36,37)38)31-29-27-25-23-21-16-14-12-10-8-6-4-2/h33H,3-32H2,1-2H3,(H,36,37,38). The molecule has 0 saturated heterocycles. The number of carbonyl (C=O) groups excluding carboxylic acids is 1. The van der Waals surface area contributed by atoms with Crippen LogP contribution in [0.1, 0.15) is 200 Å². The molecule has 5 nitrogen and oxygen atoms in total. The molecule has 0 aliphatic carbocycles. The number of unbranched alkanes of at least 4 members (excludes halogenated alkanes) is 26. The highest BCUT2D eigenvalue weighted by Crippen LogP contribution is 2.17. The zero-order valence-corrected chi connectivity index (χ0v) is 27.6. The predicted molar refractivity (Wildman–Crippen MR) is 172 cm³/mol. The first-order valence-corrected chi connectivity index (χ1v) is 19.1. The molecule has 0 fully saturated rings. The Balaban J connectivity index is 3.65. The van der Waals surface area contributed by atoms with Gasteiger partial charge in [-0.05, 0) is 12.8 Å². The van der Waals surface area contributed by atoms with Crippen molar-refractivity contribution in [3.8, 4) is 0 Å². The maximum atomic E-state index is 12.3. The van der Waals surface area contributed by atoms with Crippen LogP contribution in [0.25, 0.3) is 0 Å². The molecule has 0 aromatic heterocycles. The maximum Gasteiger partial charge on any atom is 0.326 e. The summed E-state index contributed by atoms with van der Waals surface area (Å²) in [5, 5.41) is -1.43. The van der Waals surface area contributed by atoms with Gasteiger partial charge in [-0.2, -0.15) is 8.42 Å². The Kier molecular flexibility index (Phi) is 29.4. The van der Waals surface area contributed by atoms with Crippen molar-refractivity contribution in [3.05, 3.63) is 0 Å². The van der Waals surface area contributed by atoms with Crippen LogP contribution in [0.2, 0.25) is 0 Å². The van der Waals surface area contributed by atoms with E-state index in [0.29, 0.717) is 6.42 Å². The van der Waals surface area contributed by atoms with Gasteiger partial charge in [0.05, 0.1) is 6.61 Å². The van der Waals surface area contributed by atoms with E-state index in [1.165, 1.54) is 135 Å². The Morgan fingerprint density at radius 2 is 0.775 bits per heavy atom. The summed E-state index contributed by atoms with van der Waals surface area (Å²) in [6.07, 6.45) is 34.7. The van der Waals surface area contributed by atoms with E-state index in [4.69, 9.17) is 4.74 Å². The average molecular weight is 589 g/mol. The molecule has 0 radical (unpaired) electrons. The third-order valence-electron chi connectivity index (χ3n) is 8.18. The summed E-state index contributed by atoms with van der Waals surface area (Å²) in [4.78, 5) is 12.3. The predicted octanol–water partition coefficient (Wildman–Crippen LogP) is 11.1. The highest BCUT2D eigenvalue weighted by molar-refractivity contribution is 7.87. The molecule has 0 amide bonds.